The normalized spacial score (nSPS) is 17.9. The molecule has 0 saturated carbocycles. The summed E-state index contributed by atoms with van der Waals surface area (Å²) in [7, 11) is -3.21. The maximum atomic E-state index is 12.5. The van der Waals surface area contributed by atoms with E-state index >= 15 is 0 Å². The van der Waals surface area contributed by atoms with Crippen LogP contribution in [0.1, 0.15) is 52.9 Å². The minimum absolute atomic E-state index is 0.0667. The van der Waals surface area contributed by atoms with Gasteiger partial charge in [0.25, 0.3) is 0 Å². The molecule has 0 bridgehead atoms. The van der Waals surface area contributed by atoms with Crippen LogP contribution < -0.4 is 5.32 Å². The van der Waals surface area contributed by atoms with Gasteiger partial charge in [0.1, 0.15) is 0 Å². The highest BCUT2D eigenvalue weighted by atomic mass is 32.2. The van der Waals surface area contributed by atoms with Crippen molar-refractivity contribution in [3.05, 3.63) is 0 Å². The van der Waals surface area contributed by atoms with Crippen LogP contribution in [-0.2, 0) is 19.6 Å². The first kappa shape index (κ1) is 19.9. The number of carboxylic acids is 1. The van der Waals surface area contributed by atoms with Crippen LogP contribution >= 0.6 is 0 Å². The molecule has 1 amide bonds. The van der Waals surface area contributed by atoms with Crippen LogP contribution in [0, 0.1) is 5.92 Å². The van der Waals surface area contributed by atoms with Crippen molar-refractivity contribution in [1.29, 1.82) is 0 Å². The first-order chi connectivity index (χ1) is 10.7. The maximum Gasteiger partial charge on any atom is 0.305 e. The molecule has 7 nitrogen and oxygen atoms in total. The highest BCUT2D eigenvalue weighted by Crippen LogP contribution is 2.24. The predicted molar refractivity (Wildman–Crippen MR) is 87.5 cm³/mol. The number of carbonyl (C=O) groups excluding carboxylic acids is 1. The lowest BCUT2D eigenvalue weighted by Crippen LogP contribution is -2.52. The van der Waals surface area contributed by atoms with Crippen molar-refractivity contribution in [3.63, 3.8) is 0 Å². The second kappa shape index (κ2) is 8.10. The van der Waals surface area contributed by atoms with Crippen molar-refractivity contribution in [2.45, 2.75) is 58.4 Å². The standard InChI is InChI=1S/C15H28N2O5S/c1-4-15(5-2,11-13(18)19)16-14(20)12-7-9-17(10-8-12)23(21,22)6-3/h12H,4-11H2,1-3H3,(H,16,20)(H,18,19). The number of piperidine rings is 1. The molecule has 0 aliphatic carbocycles. The average Bonchev–Trinajstić information content (AvgIpc) is 2.53. The lowest BCUT2D eigenvalue weighted by Gasteiger charge is -2.35. The molecule has 23 heavy (non-hydrogen) atoms. The number of amides is 1. The summed E-state index contributed by atoms with van der Waals surface area (Å²) in [6.07, 6.45) is 1.94. The summed E-state index contributed by atoms with van der Waals surface area (Å²) in [5, 5.41) is 12.0. The quantitative estimate of drug-likeness (QED) is 0.686. The molecule has 0 atom stereocenters. The Kier molecular flexibility index (Phi) is 7.01. The molecule has 134 valence electrons. The Morgan fingerprint density at radius 2 is 1.70 bits per heavy atom. The van der Waals surface area contributed by atoms with Gasteiger partial charge < -0.3 is 10.4 Å². The Morgan fingerprint density at radius 1 is 1.17 bits per heavy atom. The Hall–Kier alpha value is -1.15. The fourth-order valence-corrected chi connectivity index (χ4v) is 4.08. The maximum absolute atomic E-state index is 12.5. The fraction of sp³-hybridized carbons (Fsp3) is 0.867. The molecular formula is C15H28N2O5S. The van der Waals surface area contributed by atoms with Crippen molar-refractivity contribution in [2.24, 2.45) is 5.92 Å². The molecule has 0 radical (unpaired) electrons. The van der Waals surface area contributed by atoms with Crippen molar-refractivity contribution in [1.82, 2.24) is 9.62 Å². The summed E-state index contributed by atoms with van der Waals surface area (Å²) >= 11 is 0. The number of nitrogens with zero attached hydrogens (tertiary/aromatic N) is 1. The second-order valence-electron chi connectivity index (χ2n) is 6.12. The molecule has 2 N–H and O–H groups in total. The van der Waals surface area contributed by atoms with Gasteiger partial charge in [0, 0.05) is 24.5 Å². The number of sulfonamides is 1. The van der Waals surface area contributed by atoms with Gasteiger partial charge in [-0.15, -0.1) is 0 Å². The van der Waals surface area contributed by atoms with Gasteiger partial charge in [0.2, 0.25) is 15.9 Å². The molecule has 0 aromatic carbocycles. The molecule has 0 aromatic rings. The number of hydrogen-bond donors (Lipinski definition) is 2. The van der Waals surface area contributed by atoms with Gasteiger partial charge >= 0.3 is 5.97 Å². The van der Waals surface area contributed by atoms with E-state index in [9.17, 15) is 18.0 Å². The van der Waals surface area contributed by atoms with Crippen molar-refractivity contribution < 1.29 is 23.1 Å². The highest BCUT2D eigenvalue weighted by molar-refractivity contribution is 7.89. The SMILES string of the molecule is CCC(CC)(CC(=O)O)NC(=O)C1CCN(S(=O)(=O)CC)CC1. The lowest BCUT2D eigenvalue weighted by molar-refractivity contribution is -0.139. The van der Waals surface area contributed by atoms with Crippen molar-refractivity contribution >= 4 is 21.9 Å². The summed E-state index contributed by atoms with van der Waals surface area (Å²) in [6, 6.07) is 0. The number of carbonyl (C=O) groups is 2. The van der Waals surface area contributed by atoms with Crippen LogP contribution in [0.2, 0.25) is 0 Å². The summed E-state index contributed by atoms with van der Waals surface area (Å²) in [5.74, 6) is -1.29. The summed E-state index contributed by atoms with van der Waals surface area (Å²) < 4.78 is 25.1. The van der Waals surface area contributed by atoms with Gasteiger partial charge in [0.15, 0.2) is 0 Å². The zero-order valence-electron chi connectivity index (χ0n) is 14.2. The Morgan fingerprint density at radius 3 is 2.09 bits per heavy atom. The van der Waals surface area contributed by atoms with Gasteiger partial charge in [-0.05, 0) is 32.6 Å². The van der Waals surface area contributed by atoms with E-state index in [1.165, 1.54) is 4.31 Å². The van der Waals surface area contributed by atoms with E-state index in [4.69, 9.17) is 5.11 Å². The van der Waals surface area contributed by atoms with E-state index in [2.05, 4.69) is 5.32 Å². The third-order valence-corrected chi connectivity index (χ3v) is 6.70. The van der Waals surface area contributed by atoms with E-state index in [-0.39, 0.29) is 24.0 Å². The van der Waals surface area contributed by atoms with E-state index < -0.39 is 21.5 Å². The molecule has 1 aliphatic rings. The molecule has 0 unspecified atom stereocenters. The van der Waals surface area contributed by atoms with E-state index in [1.54, 1.807) is 6.92 Å². The molecule has 8 heteroatoms. The Balaban J connectivity index is 2.67. The van der Waals surface area contributed by atoms with E-state index in [0.717, 1.165) is 0 Å². The molecule has 1 rings (SSSR count). The minimum Gasteiger partial charge on any atom is -0.481 e. The Labute approximate surface area is 138 Å². The number of aliphatic carboxylic acids is 1. The predicted octanol–water partition coefficient (Wildman–Crippen LogP) is 1.20. The molecule has 0 aromatic heterocycles. The van der Waals surface area contributed by atoms with Gasteiger partial charge in [-0.3, -0.25) is 9.59 Å². The van der Waals surface area contributed by atoms with Gasteiger partial charge in [0.05, 0.1) is 12.2 Å². The number of carboxylic acid groups (broad SMARTS) is 1. The molecule has 1 saturated heterocycles. The van der Waals surface area contributed by atoms with Crippen LogP contribution in [0.25, 0.3) is 0 Å². The monoisotopic (exact) mass is 348 g/mol. The largest absolute Gasteiger partial charge is 0.481 e. The summed E-state index contributed by atoms with van der Waals surface area (Å²) in [4.78, 5) is 23.5. The zero-order valence-corrected chi connectivity index (χ0v) is 15.0. The number of rotatable bonds is 8. The lowest BCUT2D eigenvalue weighted by atomic mass is 9.87. The molecule has 1 aliphatic heterocycles. The minimum atomic E-state index is -3.21. The molecule has 0 spiro atoms. The highest BCUT2D eigenvalue weighted by Gasteiger charge is 2.35. The fourth-order valence-electron chi connectivity index (χ4n) is 2.95. The van der Waals surface area contributed by atoms with Crippen molar-refractivity contribution in [2.75, 3.05) is 18.8 Å². The van der Waals surface area contributed by atoms with E-state index in [1.807, 2.05) is 13.8 Å². The van der Waals surface area contributed by atoms with Crippen LogP contribution in [-0.4, -0.2) is 54.1 Å². The van der Waals surface area contributed by atoms with Gasteiger partial charge in [-0.1, -0.05) is 13.8 Å². The summed E-state index contributed by atoms with van der Waals surface area (Å²) in [6.45, 7) is 6.03. The third-order valence-electron chi connectivity index (χ3n) is 4.81. The van der Waals surface area contributed by atoms with Gasteiger partial charge in [-0.2, -0.15) is 0 Å². The van der Waals surface area contributed by atoms with Crippen molar-refractivity contribution in [3.8, 4) is 0 Å². The van der Waals surface area contributed by atoms with Crippen LogP contribution in [0.15, 0.2) is 0 Å². The topological polar surface area (TPSA) is 104 Å². The van der Waals surface area contributed by atoms with Crippen LogP contribution in [0.4, 0.5) is 0 Å². The zero-order chi connectivity index (χ0) is 17.7. The first-order valence-corrected chi connectivity index (χ1v) is 9.82. The molecule has 1 fully saturated rings. The number of hydrogen-bond acceptors (Lipinski definition) is 4. The summed E-state index contributed by atoms with van der Waals surface area (Å²) in [5.41, 5.74) is -0.727. The molecule has 1 heterocycles. The third kappa shape index (κ3) is 5.17. The van der Waals surface area contributed by atoms with Crippen LogP contribution in [0.5, 0.6) is 0 Å². The second-order valence-corrected chi connectivity index (χ2v) is 8.38. The average molecular weight is 348 g/mol. The number of nitrogens with one attached hydrogen (secondary N) is 1. The Bertz CT molecular complexity index is 520. The van der Waals surface area contributed by atoms with Gasteiger partial charge in [-0.25, -0.2) is 12.7 Å². The smallest absolute Gasteiger partial charge is 0.305 e. The first-order valence-electron chi connectivity index (χ1n) is 8.21. The van der Waals surface area contributed by atoms with Crippen LogP contribution in [0.3, 0.4) is 0 Å². The van der Waals surface area contributed by atoms with E-state index in [0.29, 0.717) is 38.8 Å². The molecular weight excluding hydrogens is 320 g/mol.